The van der Waals surface area contributed by atoms with Gasteiger partial charge in [-0.15, -0.1) is 0 Å². The second kappa shape index (κ2) is 8.17. The first-order chi connectivity index (χ1) is 15.1. The Bertz CT molecular complexity index is 1350. The zero-order valence-electron chi connectivity index (χ0n) is 16.8. The van der Waals surface area contributed by atoms with Crippen molar-refractivity contribution < 1.29 is 4.74 Å². The normalized spacial score (nSPS) is 16.2. The van der Waals surface area contributed by atoms with Gasteiger partial charge in [0, 0.05) is 11.6 Å². The van der Waals surface area contributed by atoms with E-state index in [2.05, 4.69) is 4.98 Å². The number of imidazole rings is 1. The number of hydrogen-bond acceptors (Lipinski definition) is 4. The molecule has 2 aromatic carbocycles. The topological polar surface area (TPSA) is 71.0 Å². The fraction of sp³-hybridized carbons (Fsp3) is 0.261. The molecule has 0 bridgehead atoms. The van der Waals surface area contributed by atoms with Gasteiger partial charge in [-0.3, -0.25) is 9.36 Å². The minimum Gasteiger partial charge on any atom is -0.376 e. The largest absolute Gasteiger partial charge is 0.376 e. The van der Waals surface area contributed by atoms with Crippen LogP contribution in [0.4, 0.5) is 0 Å². The van der Waals surface area contributed by atoms with Crippen LogP contribution in [0, 0.1) is 0 Å². The SMILES string of the molecule is O=c1c2c(ncn2Cc2ccccc2Cl)n(-c2ccccc2)c(=O)n1C[C@H]1CCCO1. The lowest BCUT2D eigenvalue weighted by Gasteiger charge is -2.15. The molecule has 4 aromatic rings. The van der Waals surface area contributed by atoms with Gasteiger partial charge in [-0.05, 0) is 36.6 Å². The summed E-state index contributed by atoms with van der Waals surface area (Å²) in [5.41, 5.74) is 1.43. The Morgan fingerprint density at radius 2 is 1.84 bits per heavy atom. The van der Waals surface area contributed by atoms with Gasteiger partial charge in [-0.1, -0.05) is 48.0 Å². The van der Waals surface area contributed by atoms with E-state index in [-0.39, 0.29) is 18.2 Å². The summed E-state index contributed by atoms with van der Waals surface area (Å²) in [6.45, 7) is 1.25. The molecule has 2 aromatic heterocycles. The molecule has 158 valence electrons. The van der Waals surface area contributed by atoms with E-state index in [1.807, 2.05) is 54.6 Å². The molecule has 5 rings (SSSR count). The molecule has 1 aliphatic heterocycles. The third kappa shape index (κ3) is 3.60. The molecule has 7 nitrogen and oxygen atoms in total. The van der Waals surface area contributed by atoms with Gasteiger partial charge >= 0.3 is 5.69 Å². The van der Waals surface area contributed by atoms with Crippen LogP contribution in [0.3, 0.4) is 0 Å². The van der Waals surface area contributed by atoms with Crippen LogP contribution in [0.5, 0.6) is 0 Å². The Balaban J connectivity index is 1.73. The molecule has 0 amide bonds. The summed E-state index contributed by atoms with van der Waals surface area (Å²) in [4.78, 5) is 31.3. The predicted octanol–water partition coefficient (Wildman–Crippen LogP) is 3.23. The third-order valence-electron chi connectivity index (χ3n) is 5.62. The molecule has 3 heterocycles. The standard InChI is InChI=1S/C23H21ClN4O3/c24-19-11-5-4-7-16(19)13-26-15-25-21-20(26)22(29)27(14-18-10-6-12-31-18)23(30)28(21)17-8-2-1-3-9-17/h1-5,7-9,11,15,18H,6,10,12-14H2/t18-/m1/s1. The highest BCUT2D eigenvalue weighted by atomic mass is 35.5. The monoisotopic (exact) mass is 436 g/mol. The number of para-hydroxylation sites is 1. The van der Waals surface area contributed by atoms with Gasteiger partial charge in [0.05, 0.1) is 31.2 Å². The number of nitrogens with zero attached hydrogens (tertiary/aromatic N) is 4. The Morgan fingerprint density at radius 3 is 2.58 bits per heavy atom. The first kappa shape index (κ1) is 19.8. The molecule has 31 heavy (non-hydrogen) atoms. The number of hydrogen-bond donors (Lipinski definition) is 0. The molecule has 1 aliphatic rings. The predicted molar refractivity (Wildman–Crippen MR) is 119 cm³/mol. The molecular weight excluding hydrogens is 416 g/mol. The zero-order valence-corrected chi connectivity index (χ0v) is 17.5. The summed E-state index contributed by atoms with van der Waals surface area (Å²) >= 11 is 6.34. The highest BCUT2D eigenvalue weighted by Crippen LogP contribution is 2.20. The van der Waals surface area contributed by atoms with E-state index in [4.69, 9.17) is 16.3 Å². The van der Waals surface area contributed by atoms with E-state index in [0.29, 0.717) is 35.0 Å². The maximum Gasteiger partial charge on any atom is 0.337 e. The molecule has 0 saturated carbocycles. The highest BCUT2D eigenvalue weighted by Gasteiger charge is 2.23. The van der Waals surface area contributed by atoms with E-state index in [0.717, 1.165) is 18.4 Å². The Hall–Kier alpha value is -3.16. The fourth-order valence-corrected chi connectivity index (χ4v) is 4.27. The van der Waals surface area contributed by atoms with Gasteiger partial charge in [0.2, 0.25) is 0 Å². The summed E-state index contributed by atoms with van der Waals surface area (Å²) in [6, 6.07) is 16.7. The van der Waals surface area contributed by atoms with E-state index in [1.165, 1.54) is 9.13 Å². The van der Waals surface area contributed by atoms with Crippen molar-refractivity contribution in [2.45, 2.75) is 32.0 Å². The van der Waals surface area contributed by atoms with E-state index in [1.54, 1.807) is 10.9 Å². The number of fused-ring (bicyclic) bond motifs is 1. The van der Waals surface area contributed by atoms with Crippen LogP contribution >= 0.6 is 11.6 Å². The van der Waals surface area contributed by atoms with Gasteiger partial charge in [0.25, 0.3) is 5.56 Å². The van der Waals surface area contributed by atoms with Gasteiger partial charge < -0.3 is 9.30 Å². The second-order valence-corrected chi connectivity index (χ2v) is 8.05. The van der Waals surface area contributed by atoms with E-state index in [9.17, 15) is 9.59 Å². The molecule has 0 spiro atoms. The maximum atomic E-state index is 13.5. The van der Waals surface area contributed by atoms with Crippen molar-refractivity contribution in [1.82, 2.24) is 18.7 Å². The summed E-state index contributed by atoms with van der Waals surface area (Å²) in [7, 11) is 0. The smallest absolute Gasteiger partial charge is 0.337 e. The molecular formula is C23H21ClN4O3. The quantitative estimate of drug-likeness (QED) is 0.481. The molecule has 0 N–H and O–H groups in total. The van der Waals surface area contributed by atoms with Gasteiger partial charge in [-0.25, -0.2) is 14.3 Å². The van der Waals surface area contributed by atoms with Crippen molar-refractivity contribution >= 4 is 22.8 Å². The summed E-state index contributed by atoms with van der Waals surface area (Å²) in [6.07, 6.45) is 3.20. The zero-order chi connectivity index (χ0) is 21.4. The summed E-state index contributed by atoms with van der Waals surface area (Å²) in [5.74, 6) is 0. The number of halogens is 1. The first-order valence-electron chi connectivity index (χ1n) is 10.2. The van der Waals surface area contributed by atoms with Crippen molar-refractivity contribution in [2.24, 2.45) is 0 Å². The number of aromatic nitrogens is 4. The van der Waals surface area contributed by atoms with Crippen LogP contribution in [0.1, 0.15) is 18.4 Å². The van der Waals surface area contributed by atoms with Gasteiger partial charge in [0.15, 0.2) is 11.2 Å². The molecule has 1 atom stereocenters. The van der Waals surface area contributed by atoms with Crippen molar-refractivity contribution in [3.63, 3.8) is 0 Å². The Labute approximate surface area is 183 Å². The van der Waals surface area contributed by atoms with Crippen LogP contribution in [-0.4, -0.2) is 31.4 Å². The second-order valence-electron chi connectivity index (χ2n) is 7.64. The summed E-state index contributed by atoms with van der Waals surface area (Å²) < 4.78 is 10.2. The van der Waals surface area contributed by atoms with Crippen LogP contribution in [-0.2, 0) is 17.8 Å². The van der Waals surface area contributed by atoms with Crippen molar-refractivity contribution in [3.8, 4) is 5.69 Å². The van der Waals surface area contributed by atoms with Gasteiger partial charge in [-0.2, -0.15) is 0 Å². The third-order valence-corrected chi connectivity index (χ3v) is 5.99. The number of rotatable bonds is 5. The lowest BCUT2D eigenvalue weighted by atomic mass is 10.2. The lowest BCUT2D eigenvalue weighted by molar-refractivity contribution is 0.0950. The van der Waals surface area contributed by atoms with Crippen molar-refractivity contribution in [3.05, 3.63) is 92.3 Å². The van der Waals surface area contributed by atoms with E-state index >= 15 is 0 Å². The number of benzene rings is 2. The van der Waals surface area contributed by atoms with Crippen molar-refractivity contribution in [1.29, 1.82) is 0 Å². The number of ether oxygens (including phenoxy) is 1. The molecule has 1 fully saturated rings. The molecule has 0 unspecified atom stereocenters. The van der Waals surface area contributed by atoms with Crippen LogP contribution < -0.4 is 11.2 Å². The first-order valence-corrected chi connectivity index (χ1v) is 10.6. The average molecular weight is 437 g/mol. The molecule has 0 radical (unpaired) electrons. The highest BCUT2D eigenvalue weighted by molar-refractivity contribution is 6.31. The fourth-order valence-electron chi connectivity index (χ4n) is 4.07. The average Bonchev–Trinajstić information content (AvgIpc) is 3.44. The summed E-state index contributed by atoms with van der Waals surface area (Å²) in [5, 5.41) is 0.611. The molecule has 8 heteroatoms. The van der Waals surface area contributed by atoms with Crippen molar-refractivity contribution in [2.75, 3.05) is 6.61 Å². The van der Waals surface area contributed by atoms with Crippen LogP contribution in [0.25, 0.3) is 16.9 Å². The molecule has 0 aliphatic carbocycles. The Morgan fingerprint density at radius 1 is 1.06 bits per heavy atom. The minimum atomic E-state index is -0.415. The van der Waals surface area contributed by atoms with Gasteiger partial charge in [0.1, 0.15) is 0 Å². The van der Waals surface area contributed by atoms with E-state index < -0.39 is 5.69 Å². The van der Waals surface area contributed by atoms with Crippen LogP contribution in [0.2, 0.25) is 5.02 Å². The maximum absolute atomic E-state index is 13.5. The Kier molecular flexibility index (Phi) is 5.21. The lowest BCUT2D eigenvalue weighted by Crippen LogP contribution is -2.42. The van der Waals surface area contributed by atoms with Crippen LogP contribution in [0.15, 0.2) is 70.5 Å². The molecule has 1 saturated heterocycles. The minimum absolute atomic E-state index is 0.146.